The number of amides is 1. The van der Waals surface area contributed by atoms with Crippen molar-refractivity contribution in [2.24, 2.45) is 5.10 Å². The lowest BCUT2D eigenvalue weighted by molar-refractivity contribution is -0.120. The molecular formula is C22H22N2O. The Hall–Kier alpha value is -2.94. The van der Waals surface area contributed by atoms with Gasteiger partial charge in [-0.2, -0.15) is 5.10 Å². The summed E-state index contributed by atoms with van der Waals surface area (Å²) in [5.41, 5.74) is 6.79. The first-order chi connectivity index (χ1) is 12.2. The van der Waals surface area contributed by atoms with Gasteiger partial charge in [0.1, 0.15) is 0 Å². The zero-order valence-electron chi connectivity index (χ0n) is 14.6. The third-order valence-corrected chi connectivity index (χ3v) is 4.36. The largest absolute Gasteiger partial charge is 0.273 e. The van der Waals surface area contributed by atoms with Gasteiger partial charge in [-0.05, 0) is 40.8 Å². The van der Waals surface area contributed by atoms with Gasteiger partial charge >= 0.3 is 0 Å². The number of nitrogens with one attached hydrogen (secondary N) is 1. The van der Waals surface area contributed by atoms with E-state index in [0.717, 1.165) is 34.0 Å². The molecule has 0 fully saturated rings. The smallest absolute Gasteiger partial charge is 0.244 e. The van der Waals surface area contributed by atoms with Crippen LogP contribution in [0.2, 0.25) is 0 Å². The first-order valence-electron chi connectivity index (χ1n) is 8.56. The Bertz CT molecular complexity index is 905. The van der Waals surface area contributed by atoms with E-state index in [2.05, 4.69) is 41.7 Å². The van der Waals surface area contributed by atoms with E-state index in [1.165, 1.54) is 5.56 Å². The van der Waals surface area contributed by atoms with E-state index in [1.54, 1.807) is 0 Å². The summed E-state index contributed by atoms with van der Waals surface area (Å²) in [5, 5.41) is 6.49. The van der Waals surface area contributed by atoms with Crippen molar-refractivity contribution in [2.45, 2.75) is 26.7 Å². The van der Waals surface area contributed by atoms with E-state index >= 15 is 0 Å². The van der Waals surface area contributed by atoms with E-state index in [0.29, 0.717) is 6.42 Å². The van der Waals surface area contributed by atoms with Crippen molar-refractivity contribution >= 4 is 22.4 Å². The zero-order valence-corrected chi connectivity index (χ0v) is 14.6. The number of rotatable bonds is 5. The Labute approximate surface area is 148 Å². The molecule has 1 N–H and O–H groups in total. The van der Waals surface area contributed by atoms with Gasteiger partial charge in [-0.25, -0.2) is 5.43 Å². The van der Waals surface area contributed by atoms with Crippen molar-refractivity contribution in [3.63, 3.8) is 0 Å². The van der Waals surface area contributed by atoms with Crippen LogP contribution in [-0.4, -0.2) is 11.6 Å². The maximum absolute atomic E-state index is 12.3. The van der Waals surface area contributed by atoms with Crippen LogP contribution in [0.5, 0.6) is 0 Å². The number of fused-ring (bicyclic) bond motifs is 1. The topological polar surface area (TPSA) is 41.5 Å². The van der Waals surface area contributed by atoms with E-state index in [9.17, 15) is 4.79 Å². The van der Waals surface area contributed by atoms with Gasteiger partial charge in [-0.1, -0.05) is 73.7 Å². The monoisotopic (exact) mass is 330 g/mol. The van der Waals surface area contributed by atoms with Crippen molar-refractivity contribution in [2.75, 3.05) is 0 Å². The van der Waals surface area contributed by atoms with E-state index in [1.807, 2.05) is 49.4 Å². The molecule has 0 bridgehead atoms. The van der Waals surface area contributed by atoms with Crippen molar-refractivity contribution in [1.29, 1.82) is 0 Å². The number of carbonyl (C=O) groups excluding carboxylic acids is 1. The van der Waals surface area contributed by atoms with Crippen LogP contribution in [0.25, 0.3) is 10.8 Å². The fraction of sp³-hybridized carbons (Fsp3) is 0.182. The van der Waals surface area contributed by atoms with Crippen molar-refractivity contribution in [3.8, 4) is 0 Å². The molecule has 0 atom stereocenters. The minimum absolute atomic E-state index is 0.110. The highest BCUT2D eigenvalue weighted by atomic mass is 16.2. The molecule has 0 heterocycles. The molecule has 3 nitrogen and oxygen atoms in total. The number of carbonyl (C=O) groups is 1. The molecule has 0 radical (unpaired) electrons. The lowest BCUT2D eigenvalue weighted by Crippen LogP contribution is -2.21. The van der Waals surface area contributed by atoms with Crippen molar-refractivity contribution in [3.05, 3.63) is 83.4 Å². The molecule has 3 rings (SSSR count). The third kappa shape index (κ3) is 4.13. The molecule has 0 saturated carbocycles. The predicted octanol–water partition coefficient (Wildman–Crippen LogP) is 4.49. The van der Waals surface area contributed by atoms with Crippen molar-refractivity contribution in [1.82, 2.24) is 5.43 Å². The van der Waals surface area contributed by atoms with Gasteiger partial charge in [0.05, 0.1) is 12.1 Å². The van der Waals surface area contributed by atoms with Crippen molar-refractivity contribution < 1.29 is 4.79 Å². The van der Waals surface area contributed by atoms with E-state index in [-0.39, 0.29) is 5.91 Å². The molecule has 3 heteroatoms. The summed E-state index contributed by atoms with van der Waals surface area (Å²) in [6.45, 7) is 4.03. The molecule has 0 aliphatic rings. The Balaban J connectivity index is 1.69. The average Bonchev–Trinajstić information content (AvgIpc) is 2.66. The zero-order chi connectivity index (χ0) is 17.6. The quantitative estimate of drug-likeness (QED) is 0.544. The Morgan fingerprint density at radius 2 is 1.68 bits per heavy atom. The summed E-state index contributed by atoms with van der Waals surface area (Å²) >= 11 is 0. The number of aryl methyl sites for hydroxylation is 1. The van der Waals surface area contributed by atoms with Gasteiger partial charge in [0.15, 0.2) is 0 Å². The normalized spacial score (nSPS) is 11.5. The van der Waals surface area contributed by atoms with Gasteiger partial charge in [0.25, 0.3) is 0 Å². The van der Waals surface area contributed by atoms with E-state index in [4.69, 9.17) is 0 Å². The minimum Gasteiger partial charge on any atom is -0.273 e. The first-order valence-corrected chi connectivity index (χ1v) is 8.56. The summed E-state index contributed by atoms with van der Waals surface area (Å²) in [6.07, 6.45) is 1.32. The van der Waals surface area contributed by atoms with Crippen LogP contribution >= 0.6 is 0 Å². The molecule has 0 aromatic heterocycles. The molecule has 126 valence electrons. The molecule has 0 unspecified atom stereocenters. The summed E-state index contributed by atoms with van der Waals surface area (Å²) in [4.78, 5) is 12.3. The molecule has 0 spiro atoms. The molecule has 25 heavy (non-hydrogen) atoms. The molecule has 0 saturated heterocycles. The van der Waals surface area contributed by atoms with Crippen LogP contribution in [0.1, 0.15) is 30.5 Å². The molecule has 3 aromatic rings. The Morgan fingerprint density at radius 1 is 0.960 bits per heavy atom. The first kappa shape index (κ1) is 16.9. The summed E-state index contributed by atoms with van der Waals surface area (Å²) in [5.74, 6) is -0.110. The highest BCUT2D eigenvalue weighted by Crippen LogP contribution is 2.18. The fourth-order valence-corrected chi connectivity index (χ4v) is 2.85. The molecular weight excluding hydrogens is 308 g/mol. The molecule has 0 aliphatic heterocycles. The van der Waals surface area contributed by atoms with Crippen LogP contribution < -0.4 is 5.43 Å². The van der Waals surface area contributed by atoms with Gasteiger partial charge in [0.2, 0.25) is 5.91 Å². The second kappa shape index (κ2) is 7.75. The highest BCUT2D eigenvalue weighted by Gasteiger charge is 2.06. The highest BCUT2D eigenvalue weighted by molar-refractivity contribution is 5.99. The number of nitrogens with zero attached hydrogens (tertiary/aromatic N) is 1. The number of benzene rings is 3. The molecule has 1 amide bonds. The Kier molecular flexibility index (Phi) is 5.24. The van der Waals surface area contributed by atoms with Gasteiger partial charge in [-0.3, -0.25) is 4.79 Å². The van der Waals surface area contributed by atoms with Crippen LogP contribution in [0.3, 0.4) is 0 Å². The second-order valence-electron chi connectivity index (χ2n) is 6.10. The second-order valence-corrected chi connectivity index (χ2v) is 6.10. The van der Waals surface area contributed by atoms with Gasteiger partial charge in [0, 0.05) is 0 Å². The Morgan fingerprint density at radius 3 is 2.44 bits per heavy atom. The maximum Gasteiger partial charge on any atom is 0.244 e. The number of hydrazone groups is 1. The molecule has 0 aliphatic carbocycles. The average molecular weight is 330 g/mol. The van der Waals surface area contributed by atoms with Gasteiger partial charge < -0.3 is 0 Å². The molecule has 3 aromatic carbocycles. The summed E-state index contributed by atoms with van der Waals surface area (Å²) < 4.78 is 0. The van der Waals surface area contributed by atoms with E-state index < -0.39 is 0 Å². The minimum atomic E-state index is -0.110. The third-order valence-electron chi connectivity index (χ3n) is 4.36. The SMILES string of the molecule is CCc1ccc(/C(C)=N/NC(=O)Cc2cccc3ccccc23)cc1. The van der Waals surface area contributed by atoms with Crippen LogP contribution in [0.15, 0.2) is 71.8 Å². The number of hydrogen-bond donors (Lipinski definition) is 1. The van der Waals surface area contributed by atoms with Crippen LogP contribution in [0.4, 0.5) is 0 Å². The standard InChI is InChI=1S/C22H22N2O/c1-3-17-11-13-18(14-12-17)16(2)23-24-22(25)15-20-9-6-8-19-7-4-5-10-21(19)20/h4-14H,3,15H2,1-2H3,(H,24,25)/b23-16+. The summed E-state index contributed by atoms with van der Waals surface area (Å²) in [7, 11) is 0. The number of hydrogen-bond acceptors (Lipinski definition) is 2. The van der Waals surface area contributed by atoms with Crippen LogP contribution in [-0.2, 0) is 17.6 Å². The fourth-order valence-electron chi connectivity index (χ4n) is 2.85. The lowest BCUT2D eigenvalue weighted by Gasteiger charge is -2.07. The van der Waals surface area contributed by atoms with Crippen LogP contribution in [0, 0.1) is 0 Å². The predicted molar refractivity (Wildman–Crippen MR) is 104 cm³/mol. The lowest BCUT2D eigenvalue weighted by atomic mass is 10.0. The van der Waals surface area contributed by atoms with Gasteiger partial charge in [-0.15, -0.1) is 0 Å². The maximum atomic E-state index is 12.3. The summed E-state index contributed by atoms with van der Waals surface area (Å²) in [6, 6.07) is 22.4.